The SMILES string of the molecule is Cc1ccc(-c2cnc(-c3ccccc3C(=O)Nc3cnoc3)o2)cc1. The number of oxazole rings is 1. The molecule has 26 heavy (non-hydrogen) atoms. The van der Waals surface area contributed by atoms with Crippen LogP contribution in [0.3, 0.4) is 0 Å². The topological polar surface area (TPSA) is 81.2 Å². The minimum atomic E-state index is -0.293. The first-order valence-electron chi connectivity index (χ1n) is 8.04. The first-order valence-corrected chi connectivity index (χ1v) is 8.04. The Kier molecular flexibility index (Phi) is 4.07. The maximum atomic E-state index is 12.6. The average molecular weight is 345 g/mol. The van der Waals surface area contributed by atoms with Crippen LogP contribution >= 0.6 is 0 Å². The summed E-state index contributed by atoms with van der Waals surface area (Å²) in [6.07, 6.45) is 4.46. The summed E-state index contributed by atoms with van der Waals surface area (Å²) in [6.45, 7) is 2.03. The van der Waals surface area contributed by atoms with Gasteiger partial charge in [0.2, 0.25) is 5.89 Å². The number of carbonyl (C=O) groups is 1. The molecule has 0 saturated heterocycles. The van der Waals surface area contributed by atoms with Gasteiger partial charge in [0.15, 0.2) is 5.76 Å². The molecule has 0 spiro atoms. The monoisotopic (exact) mass is 345 g/mol. The van der Waals surface area contributed by atoms with Crippen LogP contribution in [0, 0.1) is 6.92 Å². The Bertz CT molecular complexity index is 1030. The van der Waals surface area contributed by atoms with Gasteiger partial charge in [-0.1, -0.05) is 47.1 Å². The fraction of sp³-hybridized carbons (Fsp3) is 0.0500. The minimum Gasteiger partial charge on any atom is -0.436 e. The van der Waals surface area contributed by atoms with E-state index >= 15 is 0 Å². The number of aromatic nitrogens is 2. The Morgan fingerprint density at radius 3 is 2.62 bits per heavy atom. The van der Waals surface area contributed by atoms with E-state index in [0.29, 0.717) is 28.5 Å². The van der Waals surface area contributed by atoms with E-state index in [0.717, 1.165) is 5.56 Å². The lowest BCUT2D eigenvalue weighted by atomic mass is 10.1. The van der Waals surface area contributed by atoms with Crippen molar-refractivity contribution in [3.63, 3.8) is 0 Å². The molecular formula is C20H15N3O3. The number of hydrogen-bond acceptors (Lipinski definition) is 5. The second-order valence-electron chi connectivity index (χ2n) is 5.81. The molecule has 0 radical (unpaired) electrons. The minimum absolute atomic E-state index is 0.293. The van der Waals surface area contributed by atoms with Crippen LogP contribution in [0.1, 0.15) is 15.9 Å². The molecule has 0 aliphatic heterocycles. The van der Waals surface area contributed by atoms with E-state index in [1.54, 1.807) is 24.4 Å². The fourth-order valence-corrected chi connectivity index (χ4v) is 2.58. The molecule has 6 nitrogen and oxygen atoms in total. The lowest BCUT2D eigenvalue weighted by Crippen LogP contribution is -2.12. The van der Waals surface area contributed by atoms with E-state index < -0.39 is 0 Å². The van der Waals surface area contributed by atoms with Crippen molar-refractivity contribution in [3.05, 3.63) is 78.3 Å². The Morgan fingerprint density at radius 2 is 1.85 bits per heavy atom. The maximum Gasteiger partial charge on any atom is 0.256 e. The molecule has 0 saturated carbocycles. The van der Waals surface area contributed by atoms with E-state index in [1.807, 2.05) is 37.3 Å². The van der Waals surface area contributed by atoms with Crippen LogP contribution in [0.15, 0.2) is 76.1 Å². The Hall–Kier alpha value is -3.67. The number of rotatable bonds is 4. The summed E-state index contributed by atoms with van der Waals surface area (Å²) in [5.74, 6) is 0.741. The molecule has 1 N–H and O–H groups in total. The van der Waals surface area contributed by atoms with Gasteiger partial charge in [-0.25, -0.2) is 4.98 Å². The Balaban J connectivity index is 1.66. The van der Waals surface area contributed by atoms with E-state index in [9.17, 15) is 4.79 Å². The van der Waals surface area contributed by atoms with Gasteiger partial charge in [0, 0.05) is 11.1 Å². The number of nitrogens with zero attached hydrogens (tertiary/aromatic N) is 2. The smallest absolute Gasteiger partial charge is 0.256 e. The molecule has 128 valence electrons. The summed E-state index contributed by atoms with van der Waals surface area (Å²) >= 11 is 0. The summed E-state index contributed by atoms with van der Waals surface area (Å²) in [5.41, 5.74) is 3.65. The lowest BCUT2D eigenvalue weighted by Gasteiger charge is -2.06. The molecule has 0 aliphatic rings. The quantitative estimate of drug-likeness (QED) is 0.586. The predicted octanol–water partition coefficient (Wildman–Crippen LogP) is 4.56. The molecule has 2 aromatic heterocycles. The standard InChI is InChI=1S/C20H15N3O3/c1-13-6-8-14(9-7-13)18-11-21-20(26-18)17-5-3-2-4-16(17)19(24)23-15-10-22-25-12-15/h2-12H,1H3,(H,23,24). The molecule has 4 aromatic rings. The molecular weight excluding hydrogens is 330 g/mol. The molecule has 2 heterocycles. The van der Waals surface area contributed by atoms with Crippen LogP contribution in [-0.2, 0) is 0 Å². The summed E-state index contributed by atoms with van der Waals surface area (Å²) in [5, 5.41) is 6.30. The van der Waals surface area contributed by atoms with Crippen LogP contribution in [-0.4, -0.2) is 16.0 Å². The molecule has 0 aliphatic carbocycles. The molecule has 0 atom stereocenters. The second kappa shape index (κ2) is 6.68. The first-order chi connectivity index (χ1) is 12.7. The van der Waals surface area contributed by atoms with Crippen molar-refractivity contribution in [2.24, 2.45) is 0 Å². The van der Waals surface area contributed by atoms with Crippen molar-refractivity contribution in [1.82, 2.24) is 10.1 Å². The zero-order valence-corrected chi connectivity index (χ0v) is 14.0. The number of aryl methyl sites for hydroxylation is 1. The maximum absolute atomic E-state index is 12.6. The summed E-state index contributed by atoms with van der Waals surface area (Å²) in [7, 11) is 0. The number of nitrogens with one attached hydrogen (secondary N) is 1. The van der Waals surface area contributed by atoms with E-state index in [1.165, 1.54) is 18.0 Å². The van der Waals surface area contributed by atoms with E-state index in [4.69, 9.17) is 8.94 Å². The van der Waals surface area contributed by atoms with Crippen LogP contribution in [0.4, 0.5) is 5.69 Å². The highest BCUT2D eigenvalue weighted by Crippen LogP contribution is 2.28. The number of amides is 1. The molecule has 0 unspecified atom stereocenters. The number of anilines is 1. The van der Waals surface area contributed by atoms with Gasteiger partial charge in [-0.05, 0) is 19.1 Å². The van der Waals surface area contributed by atoms with Gasteiger partial charge >= 0.3 is 0 Å². The lowest BCUT2D eigenvalue weighted by molar-refractivity contribution is 0.102. The van der Waals surface area contributed by atoms with Crippen molar-refractivity contribution in [3.8, 4) is 22.8 Å². The molecule has 2 aromatic carbocycles. The summed E-state index contributed by atoms with van der Waals surface area (Å²) in [4.78, 5) is 16.9. The van der Waals surface area contributed by atoms with Crippen molar-refractivity contribution in [2.75, 3.05) is 5.32 Å². The van der Waals surface area contributed by atoms with Gasteiger partial charge in [0.05, 0.1) is 18.0 Å². The molecule has 4 rings (SSSR count). The van der Waals surface area contributed by atoms with Crippen LogP contribution in [0.25, 0.3) is 22.8 Å². The highest BCUT2D eigenvalue weighted by molar-refractivity contribution is 6.08. The largest absolute Gasteiger partial charge is 0.436 e. The summed E-state index contributed by atoms with van der Waals surface area (Å²) in [6, 6.07) is 15.1. The van der Waals surface area contributed by atoms with E-state index in [2.05, 4.69) is 15.5 Å². The van der Waals surface area contributed by atoms with Gasteiger partial charge < -0.3 is 14.3 Å². The molecule has 6 heteroatoms. The van der Waals surface area contributed by atoms with Crippen molar-refractivity contribution >= 4 is 11.6 Å². The van der Waals surface area contributed by atoms with Crippen molar-refractivity contribution < 1.29 is 13.7 Å². The predicted molar refractivity (Wildman–Crippen MR) is 96.6 cm³/mol. The van der Waals surface area contributed by atoms with Crippen LogP contribution < -0.4 is 5.32 Å². The number of hydrogen-bond donors (Lipinski definition) is 1. The van der Waals surface area contributed by atoms with Crippen LogP contribution in [0.5, 0.6) is 0 Å². The highest BCUT2D eigenvalue weighted by atomic mass is 16.5. The van der Waals surface area contributed by atoms with Gasteiger partial charge in [-0.15, -0.1) is 0 Å². The van der Waals surface area contributed by atoms with Gasteiger partial charge in [0.25, 0.3) is 5.91 Å². The Labute approximate surface area is 149 Å². The first kappa shape index (κ1) is 15.8. The normalized spacial score (nSPS) is 10.7. The molecule has 0 fully saturated rings. The zero-order chi connectivity index (χ0) is 17.9. The van der Waals surface area contributed by atoms with Crippen molar-refractivity contribution in [2.45, 2.75) is 6.92 Å². The van der Waals surface area contributed by atoms with Gasteiger partial charge in [-0.2, -0.15) is 0 Å². The third kappa shape index (κ3) is 3.12. The Morgan fingerprint density at radius 1 is 1.04 bits per heavy atom. The second-order valence-corrected chi connectivity index (χ2v) is 5.81. The fourth-order valence-electron chi connectivity index (χ4n) is 2.58. The summed E-state index contributed by atoms with van der Waals surface area (Å²) < 4.78 is 10.6. The average Bonchev–Trinajstić information content (AvgIpc) is 3.34. The zero-order valence-electron chi connectivity index (χ0n) is 14.0. The van der Waals surface area contributed by atoms with E-state index in [-0.39, 0.29) is 5.91 Å². The third-order valence-electron chi connectivity index (χ3n) is 3.93. The van der Waals surface area contributed by atoms with Gasteiger partial charge in [0.1, 0.15) is 12.0 Å². The van der Waals surface area contributed by atoms with Crippen molar-refractivity contribution in [1.29, 1.82) is 0 Å². The molecule has 0 bridgehead atoms. The molecule has 1 amide bonds. The highest BCUT2D eigenvalue weighted by Gasteiger charge is 2.17. The van der Waals surface area contributed by atoms with Gasteiger partial charge in [-0.3, -0.25) is 4.79 Å². The third-order valence-corrected chi connectivity index (χ3v) is 3.93. The van der Waals surface area contributed by atoms with Crippen LogP contribution in [0.2, 0.25) is 0 Å². The number of benzene rings is 2. The number of carbonyl (C=O) groups excluding carboxylic acids is 1.